The van der Waals surface area contributed by atoms with E-state index in [4.69, 9.17) is 0 Å². The van der Waals surface area contributed by atoms with Crippen molar-refractivity contribution in [3.8, 4) is 0 Å². The van der Waals surface area contributed by atoms with Crippen molar-refractivity contribution in [3.63, 3.8) is 0 Å². The fourth-order valence-electron chi connectivity index (χ4n) is 4.41. The summed E-state index contributed by atoms with van der Waals surface area (Å²) in [6, 6.07) is 11.2. The highest BCUT2D eigenvalue weighted by atomic mass is 19.1. The van der Waals surface area contributed by atoms with E-state index in [9.17, 15) is 14.0 Å². The van der Waals surface area contributed by atoms with Gasteiger partial charge in [0.05, 0.1) is 12.2 Å². The molecule has 32 heavy (non-hydrogen) atoms. The van der Waals surface area contributed by atoms with E-state index in [1.54, 1.807) is 6.20 Å². The van der Waals surface area contributed by atoms with Crippen LogP contribution in [0.5, 0.6) is 0 Å². The first-order valence-corrected chi connectivity index (χ1v) is 11.2. The van der Waals surface area contributed by atoms with E-state index in [1.807, 2.05) is 18.2 Å². The Morgan fingerprint density at radius 2 is 1.88 bits per heavy atom. The number of carbonyl (C=O) groups excluding carboxylic acids is 2. The van der Waals surface area contributed by atoms with Crippen LogP contribution in [0.25, 0.3) is 0 Å². The first-order chi connectivity index (χ1) is 15.3. The third kappa shape index (κ3) is 6.49. The van der Waals surface area contributed by atoms with Gasteiger partial charge in [0.2, 0.25) is 5.91 Å². The second-order valence-corrected chi connectivity index (χ2v) is 8.93. The molecule has 0 saturated carbocycles. The van der Waals surface area contributed by atoms with E-state index >= 15 is 0 Å². The Bertz CT molecular complexity index is 941. The number of hydrogen-bond acceptors (Lipinski definition) is 3. The molecule has 1 aromatic heterocycles. The maximum atomic E-state index is 13.1. The SMILES string of the molecule is CC1=CC(CNC(=O)c2ccc(F)cc2)C(C(C)C)CC1CC(=O)NCc1ccccn1. The van der Waals surface area contributed by atoms with Gasteiger partial charge in [-0.2, -0.15) is 0 Å². The Labute approximate surface area is 189 Å². The van der Waals surface area contributed by atoms with Crippen LogP contribution in [0, 0.1) is 29.5 Å². The van der Waals surface area contributed by atoms with Gasteiger partial charge < -0.3 is 10.6 Å². The van der Waals surface area contributed by atoms with Gasteiger partial charge in [-0.25, -0.2) is 4.39 Å². The summed E-state index contributed by atoms with van der Waals surface area (Å²) < 4.78 is 13.1. The summed E-state index contributed by atoms with van der Waals surface area (Å²) in [4.78, 5) is 29.2. The van der Waals surface area contributed by atoms with Crippen LogP contribution >= 0.6 is 0 Å². The van der Waals surface area contributed by atoms with Crippen molar-refractivity contribution in [3.05, 3.63) is 77.4 Å². The van der Waals surface area contributed by atoms with E-state index < -0.39 is 0 Å². The number of allylic oxidation sites excluding steroid dienone is 1. The van der Waals surface area contributed by atoms with Crippen molar-refractivity contribution in [2.24, 2.45) is 23.7 Å². The average Bonchev–Trinajstić information content (AvgIpc) is 2.78. The van der Waals surface area contributed by atoms with Crippen molar-refractivity contribution in [2.75, 3.05) is 6.54 Å². The lowest BCUT2D eigenvalue weighted by atomic mass is 9.69. The molecule has 3 atom stereocenters. The van der Waals surface area contributed by atoms with Gasteiger partial charge in [-0.05, 0) is 73.4 Å². The summed E-state index contributed by atoms with van der Waals surface area (Å²) in [5.41, 5.74) is 2.48. The van der Waals surface area contributed by atoms with E-state index in [2.05, 4.69) is 42.5 Å². The van der Waals surface area contributed by atoms with Gasteiger partial charge in [0.15, 0.2) is 0 Å². The molecule has 2 amide bonds. The van der Waals surface area contributed by atoms with Gasteiger partial charge in [0.25, 0.3) is 5.91 Å². The fraction of sp³-hybridized carbons (Fsp3) is 0.423. The van der Waals surface area contributed by atoms with Crippen LogP contribution in [0.15, 0.2) is 60.3 Å². The lowest BCUT2D eigenvalue weighted by Gasteiger charge is -2.37. The molecule has 0 fully saturated rings. The lowest BCUT2D eigenvalue weighted by Crippen LogP contribution is -2.37. The predicted octanol–water partition coefficient (Wildman–Crippen LogP) is 4.51. The van der Waals surface area contributed by atoms with E-state index in [0.29, 0.717) is 36.9 Å². The van der Waals surface area contributed by atoms with Crippen LogP contribution < -0.4 is 10.6 Å². The first-order valence-electron chi connectivity index (χ1n) is 11.2. The minimum Gasteiger partial charge on any atom is -0.351 e. The molecular formula is C26H32FN3O2. The second-order valence-electron chi connectivity index (χ2n) is 8.93. The molecule has 170 valence electrons. The van der Waals surface area contributed by atoms with Crippen LogP contribution in [-0.2, 0) is 11.3 Å². The standard InChI is InChI=1S/C26H32FN3O2/c1-17(2)24-13-20(14-25(31)29-16-23-6-4-5-11-28-23)18(3)12-21(24)15-30-26(32)19-7-9-22(27)10-8-19/h4-12,17,20-21,24H,13-16H2,1-3H3,(H,29,31)(H,30,32). The molecule has 0 spiro atoms. The Morgan fingerprint density at radius 3 is 2.53 bits per heavy atom. The maximum Gasteiger partial charge on any atom is 0.251 e. The van der Waals surface area contributed by atoms with Gasteiger partial charge in [-0.1, -0.05) is 31.6 Å². The number of pyridine rings is 1. The molecule has 1 heterocycles. The molecule has 1 aliphatic rings. The molecule has 2 aromatic rings. The van der Waals surface area contributed by atoms with E-state index in [1.165, 1.54) is 29.8 Å². The van der Waals surface area contributed by atoms with Crippen molar-refractivity contribution in [1.82, 2.24) is 15.6 Å². The number of nitrogens with one attached hydrogen (secondary N) is 2. The highest BCUT2D eigenvalue weighted by Gasteiger charge is 2.32. The molecule has 0 aliphatic heterocycles. The van der Waals surface area contributed by atoms with E-state index in [-0.39, 0.29) is 29.5 Å². The van der Waals surface area contributed by atoms with E-state index in [0.717, 1.165) is 12.1 Å². The minimum atomic E-state index is -0.359. The molecule has 2 N–H and O–H groups in total. The highest BCUT2D eigenvalue weighted by Crippen LogP contribution is 2.38. The molecule has 1 aliphatic carbocycles. The molecule has 6 heteroatoms. The van der Waals surface area contributed by atoms with Gasteiger partial charge in [-0.15, -0.1) is 0 Å². The Balaban J connectivity index is 1.58. The number of carbonyl (C=O) groups is 2. The third-order valence-corrected chi connectivity index (χ3v) is 6.31. The number of hydrogen-bond donors (Lipinski definition) is 2. The van der Waals surface area contributed by atoms with Crippen LogP contribution in [0.4, 0.5) is 4.39 Å². The molecule has 5 nitrogen and oxygen atoms in total. The monoisotopic (exact) mass is 437 g/mol. The molecular weight excluding hydrogens is 405 g/mol. The van der Waals surface area contributed by atoms with Crippen molar-refractivity contribution in [1.29, 1.82) is 0 Å². The third-order valence-electron chi connectivity index (χ3n) is 6.31. The quantitative estimate of drug-likeness (QED) is 0.597. The Morgan fingerprint density at radius 1 is 1.12 bits per heavy atom. The molecule has 1 aromatic carbocycles. The van der Waals surface area contributed by atoms with Crippen LogP contribution in [0.2, 0.25) is 0 Å². The number of aromatic nitrogens is 1. The first kappa shape index (κ1) is 23.6. The van der Waals surface area contributed by atoms with Crippen LogP contribution in [-0.4, -0.2) is 23.3 Å². The van der Waals surface area contributed by atoms with Gasteiger partial charge in [-0.3, -0.25) is 14.6 Å². The molecule has 0 saturated heterocycles. The normalized spacial score (nSPS) is 20.5. The lowest BCUT2D eigenvalue weighted by molar-refractivity contribution is -0.122. The van der Waals surface area contributed by atoms with Crippen LogP contribution in [0.1, 0.15) is 49.7 Å². The smallest absolute Gasteiger partial charge is 0.251 e. The number of rotatable bonds is 8. The van der Waals surface area contributed by atoms with Gasteiger partial charge in [0.1, 0.15) is 5.82 Å². The van der Waals surface area contributed by atoms with Crippen molar-refractivity contribution < 1.29 is 14.0 Å². The zero-order valence-electron chi connectivity index (χ0n) is 19.0. The Kier molecular flexibility index (Phi) is 8.14. The second kappa shape index (κ2) is 11.0. The van der Waals surface area contributed by atoms with Crippen molar-refractivity contribution >= 4 is 11.8 Å². The summed E-state index contributed by atoms with van der Waals surface area (Å²) in [5, 5.41) is 5.97. The highest BCUT2D eigenvalue weighted by molar-refractivity contribution is 5.94. The van der Waals surface area contributed by atoms with Gasteiger partial charge in [0, 0.05) is 24.7 Å². The molecule has 3 unspecified atom stereocenters. The maximum absolute atomic E-state index is 13.1. The largest absolute Gasteiger partial charge is 0.351 e. The summed E-state index contributed by atoms with van der Waals surface area (Å²) in [7, 11) is 0. The molecule has 0 radical (unpaired) electrons. The topological polar surface area (TPSA) is 71.1 Å². The van der Waals surface area contributed by atoms with Gasteiger partial charge >= 0.3 is 0 Å². The Hall–Kier alpha value is -3.02. The molecule has 3 rings (SSSR count). The minimum absolute atomic E-state index is 0.0268. The number of benzene rings is 1. The average molecular weight is 438 g/mol. The van der Waals surface area contributed by atoms with Crippen LogP contribution in [0.3, 0.4) is 0 Å². The summed E-state index contributed by atoms with van der Waals surface area (Å²) in [5.74, 6) is 0.644. The summed E-state index contributed by atoms with van der Waals surface area (Å²) >= 11 is 0. The zero-order chi connectivity index (χ0) is 23.1. The predicted molar refractivity (Wildman–Crippen MR) is 123 cm³/mol. The molecule has 0 bridgehead atoms. The number of nitrogens with zero attached hydrogens (tertiary/aromatic N) is 1. The number of halogens is 1. The fourth-order valence-corrected chi connectivity index (χ4v) is 4.41. The zero-order valence-corrected chi connectivity index (χ0v) is 19.0. The summed E-state index contributed by atoms with van der Waals surface area (Å²) in [6.45, 7) is 7.40. The number of amides is 2. The van der Waals surface area contributed by atoms with Crippen molar-refractivity contribution in [2.45, 2.75) is 40.2 Å². The summed E-state index contributed by atoms with van der Waals surface area (Å²) in [6.07, 6.45) is 5.30.